The zero-order chi connectivity index (χ0) is 29.2. The lowest BCUT2D eigenvalue weighted by molar-refractivity contribution is -0.137. The fourth-order valence-electron chi connectivity index (χ4n) is 6.33. The van der Waals surface area contributed by atoms with Gasteiger partial charge in [0.25, 0.3) is 0 Å². The second-order valence-corrected chi connectivity index (χ2v) is 11.3. The number of piperidine rings is 1. The molecule has 0 aliphatic carbocycles. The van der Waals surface area contributed by atoms with Crippen LogP contribution in [0.2, 0.25) is 0 Å². The summed E-state index contributed by atoms with van der Waals surface area (Å²) < 4.78 is 39.8. The molecule has 2 aliphatic rings. The molecule has 1 N–H and O–H groups in total. The van der Waals surface area contributed by atoms with Crippen LogP contribution in [0.15, 0.2) is 54.6 Å². The van der Waals surface area contributed by atoms with Crippen LogP contribution in [0.25, 0.3) is 0 Å². The van der Waals surface area contributed by atoms with Gasteiger partial charge in [0.2, 0.25) is 5.91 Å². The van der Waals surface area contributed by atoms with Crippen LogP contribution in [0, 0.1) is 5.92 Å². The average Bonchev–Trinajstić information content (AvgIpc) is 2.99. The number of amides is 1. The Bertz CT molecular complexity index is 1070. The van der Waals surface area contributed by atoms with Crippen molar-refractivity contribution in [2.24, 2.45) is 5.92 Å². The maximum absolute atomic E-state index is 13.3. The van der Waals surface area contributed by atoms with E-state index in [2.05, 4.69) is 63.0 Å². The molecule has 6 nitrogen and oxygen atoms in total. The normalized spacial score (nSPS) is 20.9. The molecule has 1 amide bonds. The van der Waals surface area contributed by atoms with Gasteiger partial charge in [0.05, 0.1) is 5.56 Å². The summed E-state index contributed by atoms with van der Waals surface area (Å²) in [6, 6.07) is 16.6. The number of carbonyl (C=O) groups is 1. The Labute approximate surface area is 243 Å². The lowest BCUT2D eigenvalue weighted by Gasteiger charge is -2.47. The fraction of sp³-hybridized carbons (Fsp3) is 0.594. The summed E-state index contributed by atoms with van der Waals surface area (Å²) in [4.78, 5) is 22.1. The van der Waals surface area contributed by atoms with Crippen molar-refractivity contribution in [2.75, 3.05) is 70.3 Å². The third-order valence-electron chi connectivity index (χ3n) is 8.74. The largest absolute Gasteiger partial charge is 0.416 e. The quantitative estimate of drug-likeness (QED) is 0.389. The van der Waals surface area contributed by atoms with Gasteiger partial charge in [-0.3, -0.25) is 14.6 Å². The van der Waals surface area contributed by atoms with Gasteiger partial charge in [-0.1, -0.05) is 50.2 Å². The first-order valence-corrected chi connectivity index (χ1v) is 15.2. The second-order valence-electron chi connectivity index (χ2n) is 11.3. The molecule has 4 rings (SSSR count). The molecule has 2 atom stereocenters. The highest BCUT2D eigenvalue weighted by Gasteiger charge is 2.35. The van der Waals surface area contributed by atoms with E-state index in [0.717, 1.165) is 71.3 Å². The van der Waals surface area contributed by atoms with Crippen LogP contribution in [0.5, 0.6) is 0 Å². The Morgan fingerprint density at radius 1 is 0.976 bits per heavy atom. The monoisotopic (exact) mass is 573 g/mol. The summed E-state index contributed by atoms with van der Waals surface area (Å²) >= 11 is 0. The van der Waals surface area contributed by atoms with Gasteiger partial charge in [-0.2, -0.15) is 13.2 Å². The highest BCUT2D eigenvalue weighted by molar-refractivity contribution is 5.75. The highest BCUT2D eigenvalue weighted by atomic mass is 19.4. The van der Waals surface area contributed by atoms with E-state index in [9.17, 15) is 18.0 Å². The van der Waals surface area contributed by atoms with Gasteiger partial charge in [-0.05, 0) is 62.2 Å². The number of anilines is 1. The molecule has 0 aromatic heterocycles. The molecule has 2 heterocycles. The van der Waals surface area contributed by atoms with Crippen LogP contribution < -0.4 is 10.2 Å². The molecule has 2 aliphatic heterocycles. The van der Waals surface area contributed by atoms with E-state index in [1.54, 1.807) is 6.07 Å². The summed E-state index contributed by atoms with van der Waals surface area (Å²) in [5, 5.41) is 3.11. The number of nitrogens with zero attached hydrogens (tertiary/aromatic N) is 4. The van der Waals surface area contributed by atoms with Gasteiger partial charge < -0.3 is 15.1 Å². The SMILES string of the molecule is CCN(CC)CCNC(=O)CC[C@H]1CN(Cc2ccccc2)CC[C@H]1N1CCN(c2cccc(C(F)(F)F)c2)CC1. The van der Waals surface area contributed by atoms with Gasteiger partial charge in [0.15, 0.2) is 0 Å². The summed E-state index contributed by atoms with van der Waals surface area (Å²) in [5.41, 5.74) is 1.34. The standard InChI is InChI=1S/C32H46F3N5O/c1-3-37(4-2)18-16-36-31(41)14-13-27-25-38(24-26-9-6-5-7-10-26)17-15-30(27)40-21-19-39(20-22-40)29-12-8-11-28(23-29)32(33,34)35/h5-12,23,27,30H,3-4,13-22,24-25H2,1-2H3,(H,36,41)/t27-,30+/m0/s1. The Kier molecular flexibility index (Phi) is 11.5. The van der Waals surface area contributed by atoms with E-state index in [1.807, 2.05) is 6.07 Å². The van der Waals surface area contributed by atoms with Crippen LogP contribution in [-0.2, 0) is 17.5 Å². The molecule has 0 unspecified atom stereocenters. The lowest BCUT2D eigenvalue weighted by Crippen LogP contribution is -2.56. The molecule has 2 aromatic carbocycles. The van der Waals surface area contributed by atoms with Crippen molar-refractivity contribution >= 4 is 11.6 Å². The number of rotatable bonds is 12. The minimum absolute atomic E-state index is 0.116. The molecule has 0 bridgehead atoms. The van der Waals surface area contributed by atoms with Crippen LogP contribution in [0.3, 0.4) is 0 Å². The van der Waals surface area contributed by atoms with Crippen LogP contribution >= 0.6 is 0 Å². The van der Waals surface area contributed by atoms with Crippen LogP contribution in [0.1, 0.15) is 44.2 Å². The molecule has 2 aromatic rings. The maximum Gasteiger partial charge on any atom is 0.416 e. The predicted molar refractivity (Wildman–Crippen MR) is 159 cm³/mol. The molecule has 2 saturated heterocycles. The van der Waals surface area contributed by atoms with Crippen molar-refractivity contribution in [1.29, 1.82) is 0 Å². The summed E-state index contributed by atoms with van der Waals surface area (Å²) in [6.45, 7) is 13.6. The Morgan fingerprint density at radius 2 is 1.71 bits per heavy atom. The molecule has 0 spiro atoms. The molecule has 0 radical (unpaired) electrons. The minimum Gasteiger partial charge on any atom is -0.369 e. The van der Waals surface area contributed by atoms with E-state index in [4.69, 9.17) is 0 Å². The molecule has 41 heavy (non-hydrogen) atoms. The molecule has 9 heteroatoms. The fourth-order valence-corrected chi connectivity index (χ4v) is 6.33. The molecule has 0 saturated carbocycles. The van der Waals surface area contributed by atoms with Crippen molar-refractivity contribution in [1.82, 2.24) is 20.0 Å². The number of hydrogen-bond donors (Lipinski definition) is 1. The number of halogens is 3. The lowest BCUT2D eigenvalue weighted by atomic mass is 9.86. The zero-order valence-electron chi connectivity index (χ0n) is 24.6. The van der Waals surface area contributed by atoms with E-state index in [-0.39, 0.29) is 5.91 Å². The second kappa shape index (κ2) is 15.0. The molecule has 2 fully saturated rings. The number of alkyl halides is 3. The minimum atomic E-state index is -4.34. The number of piperazine rings is 1. The van der Waals surface area contributed by atoms with Crippen LogP contribution in [-0.4, -0.2) is 92.1 Å². The van der Waals surface area contributed by atoms with Crippen LogP contribution in [0.4, 0.5) is 18.9 Å². The van der Waals surface area contributed by atoms with Gasteiger partial charge >= 0.3 is 6.18 Å². The van der Waals surface area contributed by atoms with Gasteiger partial charge in [0, 0.05) is 70.5 Å². The topological polar surface area (TPSA) is 42.1 Å². The van der Waals surface area contributed by atoms with Gasteiger partial charge in [0.1, 0.15) is 0 Å². The van der Waals surface area contributed by atoms with Crippen molar-refractivity contribution in [3.8, 4) is 0 Å². The number of hydrogen-bond acceptors (Lipinski definition) is 5. The van der Waals surface area contributed by atoms with Gasteiger partial charge in [-0.25, -0.2) is 0 Å². The Hall–Kier alpha value is -2.62. The molecular formula is C32H46F3N5O. The number of benzene rings is 2. The first-order valence-electron chi connectivity index (χ1n) is 15.2. The van der Waals surface area contributed by atoms with E-state index >= 15 is 0 Å². The number of nitrogens with one attached hydrogen (secondary N) is 1. The van der Waals surface area contributed by atoms with Crippen molar-refractivity contribution in [3.63, 3.8) is 0 Å². The van der Waals surface area contributed by atoms with E-state index in [1.165, 1.54) is 17.7 Å². The number of likely N-dealkylation sites (N-methyl/N-ethyl adjacent to an activating group) is 1. The van der Waals surface area contributed by atoms with Gasteiger partial charge in [-0.15, -0.1) is 0 Å². The van der Waals surface area contributed by atoms with Crippen molar-refractivity contribution < 1.29 is 18.0 Å². The number of likely N-dealkylation sites (tertiary alicyclic amines) is 1. The van der Waals surface area contributed by atoms with Crippen molar-refractivity contribution in [3.05, 3.63) is 65.7 Å². The molecule has 226 valence electrons. The third kappa shape index (κ3) is 9.18. The van der Waals surface area contributed by atoms with E-state index in [0.29, 0.717) is 43.7 Å². The highest BCUT2D eigenvalue weighted by Crippen LogP contribution is 2.33. The number of carbonyl (C=O) groups excluding carboxylic acids is 1. The molecular weight excluding hydrogens is 527 g/mol. The summed E-state index contributed by atoms with van der Waals surface area (Å²) in [6.07, 6.45) is -1.95. The summed E-state index contributed by atoms with van der Waals surface area (Å²) in [5.74, 6) is 0.478. The average molecular weight is 574 g/mol. The summed E-state index contributed by atoms with van der Waals surface area (Å²) in [7, 11) is 0. The smallest absolute Gasteiger partial charge is 0.369 e. The first-order chi connectivity index (χ1) is 19.8. The predicted octanol–water partition coefficient (Wildman–Crippen LogP) is 4.96. The van der Waals surface area contributed by atoms with E-state index < -0.39 is 11.7 Å². The maximum atomic E-state index is 13.3. The first kappa shape index (κ1) is 31.3. The Morgan fingerprint density at radius 3 is 2.39 bits per heavy atom. The van der Waals surface area contributed by atoms with Crippen molar-refractivity contribution in [2.45, 2.75) is 51.9 Å². The Balaban J connectivity index is 1.35. The third-order valence-corrected chi connectivity index (χ3v) is 8.74. The zero-order valence-corrected chi connectivity index (χ0v) is 24.6.